The molecule has 114 valence electrons. The van der Waals surface area contributed by atoms with Gasteiger partial charge in [0.25, 0.3) is 6.43 Å². The molecule has 6 heteroatoms. The van der Waals surface area contributed by atoms with Gasteiger partial charge in [-0.3, -0.25) is 0 Å². The Kier molecular flexibility index (Phi) is 6.81. The van der Waals surface area contributed by atoms with E-state index in [-0.39, 0.29) is 13.2 Å². The summed E-state index contributed by atoms with van der Waals surface area (Å²) in [5, 5.41) is 12.3. The summed E-state index contributed by atoms with van der Waals surface area (Å²) in [7, 11) is 0. The molecule has 0 spiro atoms. The lowest BCUT2D eigenvalue weighted by molar-refractivity contribution is 0.152. The predicted octanol–water partition coefficient (Wildman–Crippen LogP) is 1.95. The smallest absolute Gasteiger partial charge is 0.255 e. The summed E-state index contributed by atoms with van der Waals surface area (Å²) in [6.07, 6.45) is -0.766. The first-order valence-electron chi connectivity index (χ1n) is 6.77. The largest absolute Gasteiger partial charge is 0.395 e. The molecular weight excluding hydrogens is 264 g/mol. The number of nitrogens with one attached hydrogen (secondary N) is 1. The average molecular weight is 287 g/mol. The van der Waals surface area contributed by atoms with Crippen LogP contribution in [0.15, 0.2) is 12.3 Å². The molecule has 20 heavy (non-hydrogen) atoms. The van der Waals surface area contributed by atoms with Gasteiger partial charge in [-0.1, -0.05) is 13.8 Å². The molecule has 0 unspecified atom stereocenters. The van der Waals surface area contributed by atoms with Gasteiger partial charge in [-0.15, -0.1) is 0 Å². The number of hydrogen-bond donors (Lipinski definition) is 2. The van der Waals surface area contributed by atoms with Crippen molar-refractivity contribution in [3.63, 3.8) is 0 Å². The van der Waals surface area contributed by atoms with Crippen molar-refractivity contribution in [1.29, 1.82) is 0 Å². The molecule has 4 nitrogen and oxygen atoms in total. The van der Waals surface area contributed by atoms with E-state index in [1.54, 1.807) is 6.20 Å². The van der Waals surface area contributed by atoms with Crippen LogP contribution < -0.4 is 10.2 Å². The third-order valence-corrected chi connectivity index (χ3v) is 2.85. The van der Waals surface area contributed by atoms with Gasteiger partial charge in [0.1, 0.15) is 5.82 Å². The first kappa shape index (κ1) is 16.8. The van der Waals surface area contributed by atoms with Gasteiger partial charge in [0.2, 0.25) is 0 Å². The van der Waals surface area contributed by atoms with Crippen LogP contribution in [0.25, 0.3) is 0 Å². The maximum atomic E-state index is 12.6. The van der Waals surface area contributed by atoms with Crippen molar-refractivity contribution in [3.8, 4) is 0 Å². The minimum Gasteiger partial charge on any atom is -0.395 e. The van der Waals surface area contributed by atoms with Crippen LogP contribution in [0.1, 0.15) is 25.0 Å². The summed E-state index contributed by atoms with van der Waals surface area (Å²) < 4.78 is 25.1. The molecule has 0 radical (unpaired) electrons. The van der Waals surface area contributed by atoms with Crippen molar-refractivity contribution in [2.45, 2.75) is 39.8 Å². The molecule has 1 aromatic rings. The first-order chi connectivity index (χ1) is 9.43. The van der Waals surface area contributed by atoms with E-state index in [0.29, 0.717) is 18.4 Å². The van der Waals surface area contributed by atoms with Gasteiger partial charge in [0, 0.05) is 25.3 Å². The molecule has 1 rings (SSSR count). The van der Waals surface area contributed by atoms with Crippen LogP contribution in [0.4, 0.5) is 14.6 Å². The highest BCUT2D eigenvalue weighted by atomic mass is 19.3. The number of aliphatic hydroxyl groups is 1. The Hall–Kier alpha value is -1.27. The number of halogens is 2. The van der Waals surface area contributed by atoms with Crippen LogP contribution in [-0.2, 0) is 6.54 Å². The van der Waals surface area contributed by atoms with Gasteiger partial charge in [-0.05, 0) is 24.1 Å². The molecule has 0 aliphatic rings. The van der Waals surface area contributed by atoms with E-state index in [1.807, 2.05) is 13.0 Å². The number of rotatable bonds is 8. The third-order valence-electron chi connectivity index (χ3n) is 2.85. The Bertz CT molecular complexity index is 413. The number of hydrogen-bond acceptors (Lipinski definition) is 4. The Balaban J connectivity index is 2.83. The lowest BCUT2D eigenvalue weighted by atomic mass is 10.2. The number of anilines is 1. The zero-order valence-corrected chi connectivity index (χ0v) is 12.2. The van der Waals surface area contributed by atoms with Gasteiger partial charge >= 0.3 is 0 Å². The fourth-order valence-corrected chi connectivity index (χ4v) is 1.95. The molecule has 0 aliphatic carbocycles. The van der Waals surface area contributed by atoms with Crippen molar-refractivity contribution in [2.24, 2.45) is 0 Å². The Morgan fingerprint density at radius 2 is 2.10 bits per heavy atom. The van der Waals surface area contributed by atoms with Gasteiger partial charge in [-0.2, -0.15) is 0 Å². The van der Waals surface area contributed by atoms with E-state index in [9.17, 15) is 8.78 Å². The van der Waals surface area contributed by atoms with E-state index < -0.39 is 13.0 Å². The average Bonchev–Trinajstić information content (AvgIpc) is 2.35. The second-order valence-corrected chi connectivity index (χ2v) is 5.08. The third kappa shape index (κ3) is 5.38. The summed E-state index contributed by atoms with van der Waals surface area (Å²) in [4.78, 5) is 5.69. The lowest BCUT2D eigenvalue weighted by Crippen LogP contribution is -2.33. The van der Waals surface area contributed by atoms with E-state index in [2.05, 4.69) is 24.1 Å². The number of alkyl halides is 2. The molecule has 0 saturated heterocycles. The summed E-state index contributed by atoms with van der Waals surface area (Å²) in [5.74, 6) is 0.507. The van der Waals surface area contributed by atoms with Gasteiger partial charge < -0.3 is 15.3 Å². The molecule has 1 heterocycles. The number of pyridine rings is 1. The van der Waals surface area contributed by atoms with Crippen molar-refractivity contribution in [1.82, 2.24) is 10.3 Å². The highest BCUT2D eigenvalue weighted by molar-refractivity contribution is 5.47. The summed E-state index contributed by atoms with van der Waals surface area (Å²) in [5.41, 5.74) is 1.85. The topological polar surface area (TPSA) is 48.4 Å². The number of nitrogens with zero attached hydrogens (tertiary/aromatic N) is 2. The summed E-state index contributed by atoms with van der Waals surface area (Å²) in [6.45, 7) is 6.21. The lowest BCUT2D eigenvalue weighted by Gasteiger charge is -2.24. The van der Waals surface area contributed by atoms with E-state index in [0.717, 1.165) is 11.1 Å². The van der Waals surface area contributed by atoms with Crippen LogP contribution in [0.5, 0.6) is 0 Å². The van der Waals surface area contributed by atoms with Gasteiger partial charge in [0.05, 0.1) is 13.2 Å². The predicted molar refractivity (Wildman–Crippen MR) is 76.3 cm³/mol. The van der Waals surface area contributed by atoms with Crippen LogP contribution in [-0.4, -0.2) is 42.3 Å². The normalized spacial score (nSPS) is 11.4. The molecule has 2 N–H and O–H groups in total. The second kappa shape index (κ2) is 8.11. The molecule has 0 bridgehead atoms. The molecular formula is C14H23F2N3O. The maximum absolute atomic E-state index is 12.6. The van der Waals surface area contributed by atoms with Gasteiger partial charge in [0.15, 0.2) is 0 Å². The van der Waals surface area contributed by atoms with Crippen molar-refractivity contribution in [3.05, 3.63) is 23.4 Å². The molecule has 0 saturated carbocycles. The summed E-state index contributed by atoms with van der Waals surface area (Å²) >= 11 is 0. The molecule has 0 aromatic carbocycles. The Morgan fingerprint density at radius 3 is 2.60 bits per heavy atom. The van der Waals surface area contributed by atoms with Crippen LogP contribution in [0, 0.1) is 6.92 Å². The van der Waals surface area contributed by atoms with Crippen molar-refractivity contribution < 1.29 is 13.9 Å². The number of aromatic nitrogens is 1. The van der Waals surface area contributed by atoms with E-state index in [4.69, 9.17) is 5.11 Å². The Labute approximate surface area is 118 Å². The molecule has 0 atom stereocenters. The standard InChI is InChI=1S/C14H23F2N3O/c1-10(2)17-7-12-6-11(3)14(18-8-12)19(4-5-20)9-13(15)16/h6,8,10,13,17,20H,4-5,7,9H2,1-3H3. The van der Waals surface area contributed by atoms with Gasteiger partial charge in [-0.25, -0.2) is 13.8 Å². The van der Waals surface area contributed by atoms with E-state index in [1.165, 1.54) is 4.90 Å². The fourth-order valence-electron chi connectivity index (χ4n) is 1.95. The number of aryl methyl sites for hydroxylation is 1. The fraction of sp³-hybridized carbons (Fsp3) is 0.643. The minimum absolute atomic E-state index is 0.155. The van der Waals surface area contributed by atoms with Crippen LogP contribution in [0.2, 0.25) is 0 Å². The number of aliphatic hydroxyl groups excluding tert-OH is 1. The monoisotopic (exact) mass is 287 g/mol. The Morgan fingerprint density at radius 1 is 1.40 bits per heavy atom. The molecule has 0 fully saturated rings. The highest BCUT2D eigenvalue weighted by Gasteiger charge is 2.15. The summed E-state index contributed by atoms with van der Waals surface area (Å²) in [6, 6.07) is 2.31. The SMILES string of the molecule is Cc1cc(CNC(C)C)cnc1N(CCO)CC(F)F. The van der Waals surface area contributed by atoms with Crippen molar-refractivity contribution >= 4 is 5.82 Å². The first-order valence-corrected chi connectivity index (χ1v) is 6.77. The van der Waals surface area contributed by atoms with Crippen LogP contribution in [0.3, 0.4) is 0 Å². The second-order valence-electron chi connectivity index (χ2n) is 5.08. The zero-order valence-electron chi connectivity index (χ0n) is 12.2. The zero-order chi connectivity index (χ0) is 15.1. The minimum atomic E-state index is -2.45. The maximum Gasteiger partial charge on any atom is 0.255 e. The van der Waals surface area contributed by atoms with Crippen LogP contribution >= 0.6 is 0 Å². The molecule has 1 aromatic heterocycles. The van der Waals surface area contributed by atoms with Crippen molar-refractivity contribution in [2.75, 3.05) is 24.6 Å². The van der Waals surface area contributed by atoms with E-state index >= 15 is 0 Å². The molecule has 0 aliphatic heterocycles. The molecule has 0 amide bonds. The highest BCUT2D eigenvalue weighted by Crippen LogP contribution is 2.19. The quantitative estimate of drug-likeness (QED) is 0.767.